The average Bonchev–Trinajstić information content (AvgIpc) is 2.91. The van der Waals surface area contributed by atoms with Gasteiger partial charge in [0.05, 0.1) is 17.6 Å². The third-order valence-electron chi connectivity index (χ3n) is 7.48. The van der Waals surface area contributed by atoms with E-state index in [1.54, 1.807) is 7.11 Å². The van der Waals surface area contributed by atoms with E-state index in [9.17, 15) is 9.90 Å². The third kappa shape index (κ3) is 8.10. The average molecular weight is 541 g/mol. The van der Waals surface area contributed by atoms with Crippen LogP contribution < -0.4 is 4.74 Å². The minimum Gasteiger partial charge on any atom is -0.497 e. The Morgan fingerprint density at radius 1 is 1.16 bits per heavy atom. The van der Waals surface area contributed by atoms with Gasteiger partial charge in [-0.05, 0) is 111 Å². The molecule has 37 heavy (non-hydrogen) atoms. The van der Waals surface area contributed by atoms with Crippen LogP contribution in [0.2, 0.25) is 5.02 Å². The number of benzene rings is 2. The number of carboxylic acids is 1. The number of halogens is 1. The van der Waals surface area contributed by atoms with Crippen molar-refractivity contribution in [3.8, 4) is 5.75 Å². The van der Waals surface area contributed by atoms with Crippen molar-refractivity contribution in [3.63, 3.8) is 0 Å². The molecule has 198 valence electrons. The molecule has 0 aliphatic carbocycles. The molecule has 1 aliphatic rings. The SMILES string of the molecule is COc1ccc2nccc(CCC[C@@H]3CCN(CCCSc4ccccc4Cl)C[C@@H]3CCC(=O)O)c2c1. The van der Waals surface area contributed by atoms with Crippen molar-refractivity contribution in [3.05, 3.63) is 65.3 Å². The molecule has 1 N–H and O–H groups in total. The molecule has 0 amide bonds. The first kappa shape index (κ1) is 27.7. The number of nitrogens with zero attached hydrogens (tertiary/aromatic N) is 2. The van der Waals surface area contributed by atoms with E-state index in [0.29, 0.717) is 11.8 Å². The topological polar surface area (TPSA) is 62.7 Å². The first-order valence-corrected chi connectivity index (χ1v) is 14.6. The fraction of sp³-hybridized carbons (Fsp3) is 0.467. The van der Waals surface area contributed by atoms with Crippen LogP contribution in [0.5, 0.6) is 5.75 Å². The van der Waals surface area contributed by atoms with Crippen molar-refractivity contribution >= 4 is 40.2 Å². The number of aryl methyl sites for hydroxylation is 1. The molecule has 1 aromatic heterocycles. The monoisotopic (exact) mass is 540 g/mol. The summed E-state index contributed by atoms with van der Waals surface area (Å²) in [5.74, 6) is 2.22. The van der Waals surface area contributed by atoms with Gasteiger partial charge in [-0.2, -0.15) is 0 Å². The quantitative estimate of drug-likeness (QED) is 0.183. The van der Waals surface area contributed by atoms with E-state index in [4.69, 9.17) is 16.3 Å². The predicted octanol–water partition coefficient (Wildman–Crippen LogP) is 7.20. The van der Waals surface area contributed by atoms with E-state index in [1.165, 1.54) is 5.56 Å². The molecule has 0 bridgehead atoms. The first-order chi connectivity index (χ1) is 18.0. The molecule has 0 unspecified atom stereocenters. The van der Waals surface area contributed by atoms with Crippen LogP contribution in [-0.2, 0) is 11.2 Å². The molecule has 7 heteroatoms. The van der Waals surface area contributed by atoms with Crippen molar-refractivity contribution in [2.24, 2.45) is 11.8 Å². The number of aromatic nitrogens is 1. The van der Waals surface area contributed by atoms with Crippen molar-refractivity contribution in [1.82, 2.24) is 9.88 Å². The number of carbonyl (C=O) groups is 1. The highest BCUT2D eigenvalue weighted by molar-refractivity contribution is 7.99. The Kier molecular flexibility index (Phi) is 10.5. The van der Waals surface area contributed by atoms with Gasteiger partial charge in [0, 0.05) is 29.4 Å². The fourth-order valence-electron chi connectivity index (χ4n) is 5.49. The van der Waals surface area contributed by atoms with Gasteiger partial charge in [0.2, 0.25) is 0 Å². The van der Waals surface area contributed by atoms with E-state index in [2.05, 4.69) is 28.1 Å². The maximum Gasteiger partial charge on any atom is 0.303 e. The smallest absolute Gasteiger partial charge is 0.303 e. The number of hydrogen-bond acceptors (Lipinski definition) is 5. The van der Waals surface area contributed by atoms with Crippen LogP contribution in [0.25, 0.3) is 10.9 Å². The Morgan fingerprint density at radius 2 is 2.03 bits per heavy atom. The molecule has 3 aromatic rings. The van der Waals surface area contributed by atoms with Crippen LogP contribution in [0.3, 0.4) is 0 Å². The Balaban J connectivity index is 1.28. The van der Waals surface area contributed by atoms with Gasteiger partial charge < -0.3 is 14.7 Å². The first-order valence-electron chi connectivity index (χ1n) is 13.3. The number of methoxy groups -OCH3 is 1. The summed E-state index contributed by atoms with van der Waals surface area (Å²) in [7, 11) is 1.69. The van der Waals surface area contributed by atoms with Crippen LogP contribution in [0.15, 0.2) is 59.6 Å². The lowest BCUT2D eigenvalue weighted by Crippen LogP contribution is -2.41. The van der Waals surface area contributed by atoms with Crippen LogP contribution in [0, 0.1) is 11.8 Å². The molecule has 0 radical (unpaired) electrons. The highest BCUT2D eigenvalue weighted by Crippen LogP contribution is 2.33. The maximum absolute atomic E-state index is 11.3. The van der Waals surface area contributed by atoms with E-state index in [-0.39, 0.29) is 6.42 Å². The summed E-state index contributed by atoms with van der Waals surface area (Å²) in [4.78, 5) is 19.5. The summed E-state index contributed by atoms with van der Waals surface area (Å²) in [6.45, 7) is 3.16. The van der Waals surface area contributed by atoms with Gasteiger partial charge in [0.15, 0.2) is 0 Å². The fourth-order valence-corrected chi connectivity index (χ4v) is 6.66. The zero-order valence-corrected chi connectivity index (χ0v) is 23.1. The Bertz CT molecular complexity index is 1170. The van der Waals surface area contributed by atoms with Crippen LogP contribution >= 0.6 is 23.4 Å². The lowest BCUT2D eigenvalue weighted by atomic mass is 9.79. The second-order valence-corrected chi connectivity index (χ2v) is 11.5. The summed E-state index contributed by atoms with van der Waals surface area (Å²) in [5, 5.41) is 11.3. The third-order valence-corrected chi connectivity index (χ3v) is 9.08. The number of aliphatic carboxylic acids is 1. The summed E-state index contributed by atoms with van der Waals surface area (Å²) in [6, 6.07) is 16.2. The summed E-state index contributed by atoms with van der Waals surface area (Å²) in [5.41, 5.74) is 2.30. The zero-order valence-electron chi connectivity index (χ0n) is 21.6. The molecule has 1 saturated heterocycles. The predicted molar refractivity (Wildman–Crippen MR) is 153 cm³/mol. The van der Waals surface area contributed by atoms with Gasteiger partial charge >= 0.3 is 5.97 Å². The van der Waals surface area contributed by atoms with Gasteiger partial charge in [-0.15, -0.1) is 11.8 Å². The van der Waals surface area contributed by atoms with Crippen molar-refractivity contribution in [1.29, 1.82) is 0 Å². The molecule has 1 fully saturated rings. The minimum absolute atomic E-state index is 0.256. The molecule has 2 heterocycles. The molecule has 4 rings (SSSR count). The zero-order chi connectivity index (χ0) is 26.0. The normalized spacial score (nSPS) is 18.2. The van der Waals surface area contributed by atoms with Gasteiger partial charge in [0.25, 0.3) is 0 Å². The highest BCUT2D eigenvalue weighted by atomic mass is 35.5. The van der Waals surface area contributed by atoms with E-state index in [1.807, 2.05) is 48.3 Å². The summed E-state index contributed by atoms with van der Waals surface area (Å²) >= 11 is 8.10. The summed E-state index contributed by atoms with van der Waals surface area (Å²) in [6.07, 6.45) is 8.39. The molecule has 5 nitrogen and oxygen atoms in total. The van der Waals surface area contributed by atoms with E-state index in [0.717, 1.165) is 90.5 Å². The number of fused-ring (bicyclic) bond motifs is 1. The molecule has 2 atom stereocenters. The van der Waals surface area contributed by atoms with Crippen molar-refractivity contribution < 1.29 is 14.6 Å². The number of ether oxygens (including phenoxy) is 1. The molecular formula is C30H37ClN2O3S. The number of piperidine rings is 1. The van der Waals surface area contributed by atoms with Gasteiger partial charge in [-0.25, -0.2) is 0 Å². The number of likely N-dealkylation sites (tertiary alicyclic amines) is 1. The standard InChI is InChI=1S/C30H37ClN2O3S/c1-36-25-11-12-28-26(20-25)23(14-16-32-28)7-4-6-22-15-18-33(21-24(22)10-13-30(34)35)17-5-19-37-29-9-3-2-8-27(29)31/h2-3,8-9,11-12,14,16,20,22,24H,4-7,10,13,15,17-19,21H2,1H3,(H,34,35)/t22-,24+/m1/s1. The molecular weight excluding hydrogens is 504 g/mol. The largest absolute Gasteiger partial charge is 0.497 e. The number of thioether (sulfide) groups is 1. The number of rotatable bonds is 13. The molecule has 0 saturated carbocycles. The van der Waals surface area contributed by atoms with Crippen LogP contribution in [-0.4, -0.2) is 53.5 Å². The molecule has 0 spiro atoms. The van der Waals surface area contributed by atoms with Crippen LogP contribution in [0.1, 0.15) is 44.1 Å². The van der Waals surface area contributed by atoms with Crippen molar-refractivity contribution in [2.75, 3.05) is 32.5 Å². The van der Waals surface area contributed by atoms with Gasteiger partial charge in [-0.1, -0.05) is 23.7 Å². The summed E-state index contributed by atoms with van der Waals surface area (Å²) < 4.78 is 5.42. The second-order valence-electron chi connectivity index (χ2n) is 9.92. The number of carboxylic acid groups (broad SMARTS) is 1. The number of hydrogen-bond donors (Lipinski definition) is 1. The van der Waals surface area contributed by atoms with E-state index >= 15 is 0 Å². The lowest BCUT2D eigenvalue weighted by Gasteiger charge is -2.39. The van der Waals surface area contributed by atoms with E-state index < -0.39 is 5.97 Å². The second kappa shape index (κ2) is 14.0. The van der Waals surface area contributed by atoms with Crippen LogP contribution in [0.4, 0.5) is 0 Å². The Hall–Kier alpha value is -2.28. The number of pyridine rings is 1. The highest BCUT2D eigenvalue weighted by Gasteiger charge is 2.29. The Labute approximate surface area is 229 Å². The minimum atomic E-state index is -0.691. The van der Waals surface area contributed by atoms with Gasteiger partial charge in [0.1, 0.15) is 5.75 Å². The lowest BCUT2D eigenvalue weighted by molar-refractivity contribution is -0.137. The Morgan fingerprint density at radius 3 is 2.84 bits per heavy atom. The van der Waals surface area contributed by atoms with Crippen molar-refractivity contribution in [2.45, 2.75) is 49.8 Å². The maximum atomic E-state index is 11.3. The molecule has 2 aromatic carbocycles. The van der Waals surface area contributed by atoms with Gasteiger partial charge in [-0.3, -0.25) is 9.78 Å². The molecule has 1 aliphatic heterocycles.